The lowest BCUT2D eigenvalue weighted by Crippen LogP contribution is -2.16. The summed E-state index contributed by atoms with van der Waals surface area (Å²) in [6.45, 7) is 3.50. The van der Waals surface area contributed by atoms with E-state index in [2.05, 4.69) is 0 Å². The Balaban J connectivity index is 4.28. The van der Waals surface area contributed by atoms with E-state index in [1.807, 2.05) is 6.92 Å². The minimum Gasteiger partial charge on any atom is -0.402 e. The van der Waals surface area contributed by atoms with E-state index in [-0.39, 0.29) is 0 Å². The van der Waals surface area contributed by atoms with Gasteiger partial charge in [0.25, 0.3) is 0 Å². The Morgan fingerprint density at radius 3 is 2.00 bits per heavy atom. The lowest BCUT2D eigenvalue weighted by molar-refractivity contribution is -0.114. The van der Waals surface area contributed by atoms with Gasteiger partial charge in [-0.2, -0.15) is 0 Å². The van der Waals surface area contributed by atoms with Crippen LogP contribution in [0.25, 0.3) is 0 Å². The number of rotatable bonds is 2. The van der Waals surface area contributed by atoms with Crippen molar-refractivity contribution in [3.8, 4) is 0 Å². The molecule has 4 N–H and O–H groups in total. The van der Waals surface area contributed by atoms with Gasteiger partial charge < -0.3 is 11.5 Å². The average Bonchev–Trinajstić information content (AvgIpc) is 1.84. The standard InChI is InChI=1S/C6H12N2O/c1-3-5(7)4(2)6(8)9/h3,7H2,1-2H3,(H2,8,9)/b5-4-. The van der Waals surface area contributed by atoms with Gasteiger partial charge in [-0.05, 0) is 13.3 Å². The lowest BCUT2D eigenvalue weighted by atomic mass is 10.2. The summed E-state index contributed by atoms with van der Waals surface area (Å²) in [5.41, 5.74) is 11.4. The molecule has 0 rings (SSSR count). The first-order valence-electron chi connectivity index (χ1n) is 2.84. The van der Waals surface area contributed by atoms with Crippen molar-refractivity contribution in [3.63, 3.8) is 0 Å². The van der Waals surface area contributed by atoms with Gasteiger partial charge in [0.15, 0.2) is 0 Å². The molecule has 0 aliphatic heterocycles. The van der Waals surface area contributed by atoms with E-state index >= 15 is 0 Å². The molecule has 0 heterocycles. The zero-order valence-corrected chi connectivity index (χ0v) is 5.77. The molecule has 0 spiro atoms. The molecule has 1 amide bonds. The van der Waals surface area contributed by atoms with Gasteiger partial charge in [-0.15, -0.1) is 0 Å². The maximum atomic E-state index is 10.4. The Morgan fingerprint density at radius 2 is 1.89 bits per heavy atom. The Morgan fingerprint density at radius 1 is 1.44 bits per heavy atom. The summed E-state index contributed by atoms with van der Waals surface area (Å²) >= 11 is 0. The second-order valence-electron chi connectivity index (χ2n) is 1.87. The van der Waals surface area contributed by atoms with Crippen LogP contribution in [0.15, 0.2) is 11.3 Å². The first-order valence-corrected chi connectivity index (χ1v) is 2.84. The van der Waals surface area contributed by atoms with Gasteiger partial charge in [0.2, 0.25) is 5.91 Å². The molecular formula is C6H12N2O. The third-order valence-corrected chi connectivity index (χ3v) is 1.23. The number of allylic oxidation sites excluding steroid dienone is 1. The number of hydrogen-bond acceptors (Lipinski definition) is 2. The molecule has 0 radical (unpaired) electrons. The van der Waals surface area contributed by atoms with E-state index in [0.29, 0.717) is 17.7 Å². The first-order chi connectivity index (χ1) is 4.09. The molecule has 0 unspecified atom stereocenters. The fourth-order valence-electron chi connectivity index (χ4n) is 0.423. The SMILES string of the molecule is CC/C(N)=C(\C)C(N)=O. The van der Waals surface area contributed by atoms with Gasteiger partial charge in [-0.1, -0.05) is 6.92 Å². The first kappa shape index (κ1) is 8.01. The summed E-state index contributed by atoms with van der Waals surface area (Å²) in [6.07, 6.45) is 0.675. The zero-order chi connectivity index (χ0) is 7.44. The van der Waals surface area contributed by atoms with E-state index in [9.17, 15) is 4.79 Å². The second-order valence-corrected chi connectivity index (χ2v) is 1.87. The van der Waals surface area contributed by atoms with Crippen LogP contribution < -0.4 is 11.5 Å². The number of amides is 1. The topological polar surface area (TPSA) is 69.1 Å². The highest BCUT2D eigenvalue weighted by molar-refractivity contribution is 5.91. The van der Waals surface area contributed by atoms with Crippen LogP contribution in [0.4, 0.5) is 0 Å². The molecule has 0 aromatic carbocycles. The number of nitrogens with two attached hydrogens (primary N) is 2. The van der Waals surface area contributed by atoms with E-state index in [0.717, 1.165) is 0 Å². The maximum absolute atomic E-state index is 10.4. The normalized spacial score (nSPS) is 12.7. The summed E-state index contributed by atoms with van der Waals surface area (Å²) < 4.78 is 0. The third kappa shape index (κ3) is 2.17. The Kier molecular flexibility index (Phi) is 2.78. The van der Waals surface area contributed by atoms with E-state index in [1.165, 1.54) is 0 Å². The smallest absolute Gasteiger partial charge is 0.246 e. The van der Waals surface area contributed by atoms with Crippen LogP contribution >= 0.6 is 0 Å². The van der Waals surface area contributed by atoms with E-state index in [1.54, 1.807) is 6.92 Å². The summed E-state index contributed by atoms with van der Waals surface area (Å²) in [7, 11) is 0. The Bertz CT molecular complexity index is 149. The number of primary amides is 1. The average molecular weight is 128 g/mol. The van der Waals surface area contributed by atoms with Crippen LogP contribution in [0.1, 0.15) is 20.3 Å². The van der Waals surface area contributed by atoms with Crippen LogP contribution in [-0.4, -0.2) is 5.91 Å². The van der Waals surface area contributed by atoms with Crippen molar-refractivity contribution in [1.29, 1.82) is 0 Å². The van der Waals surface area contributed by atoms with Gasteiger partial charge in [-0.25, -0.2) is 0 Å². The highest BCUT2D eigenvalue weighted by Crippen LogP contribution is 1.99. The van der Waals surface area contributed by atoms with Crippen molar-refractivity contribution in [1.82, 2.24) is 0 Å². The lowest BCUT2D eigenvalue weighted by Gasteiger charge is -1.98. The Labute approximate surface area is 54.7 Å². The van der Waals surface area contributed by atoms with Crippen molar-refractivity contribution >= 4 is 5.91 Å². The van der Waals surface area contributed by atoms with Crippen LogP contribution in [0.3, 0.4) is 0 Å². The molecule has 0 bridgehead atoms. The second kappa shape index (κ2) is 3.12. The number of carbonyl (C=O) groups excluding carboxylic acids is 1. The summed E-state index contributed by atoms with van der Waals surface area (Å²) in [5.74, 6) is -0.436. The molecule has 0 aromatic heterocycles. The minimum atomic E-state index is -0.436. The molecule has 0 fully saturated rings. The van der Waals surface area contributed by atoms with Gasteiger partial charge in [-0.3, -0.25) is 4.79 Å². The van der Waals surface area contributed by atoms with E-state index < -0.39 is 5.91 Å². The molecule has 3 heteroatoms. The predicted octanol–water partition coefficient (Wildman–Crippen LogP) is 0.114. The van der Waals surface area contributed by atoms with Gasteiger partial charge >= 0.3 is 0 Å². The highest BCUT2D eigenvalue weighted by Gasteiger charge is 2.00. The van der Waals surface area contributed by atoms with Gasteiger partial charge in [0, 0.05) is 11.3 Å². The van der Waals surface area contributed by atoms with Gasteiger partial charge in [0.05, 0.1) is 0 Å². The molecule has 3 nitrogen and oxygen atoms in total. The molecule has 0 aliphatic rings. The van der Waals surface area contributed by atoms with E-state index in [4.69, 9.17) is 11.5 Å². The number of carbonyl (C=O) groups is 1. The summed E-state index contributed by atoms with van der Waals surface area (Å²) in [4.78, 5) is 10.4. The van der Waals surface area contributed by atoms with Crippen molar-refractivity contribution in [2.75, 3.05) is 0 Å². The predicted molar refractivity (Wildman–Crippen MR) is 36.4 cm³/mol. The summed E-state index contributed by atoms with van der Waals surface area (Å²) in [5, 5.41) is 0. The molecule has 0 atom stereocenters. The fraction of sp³-hybridized carbons (Fsp3) is 0.500. The van der Waals surface area contributed by atoms with Crippen molar-refractivity contribution in [2.24, 2.45) is 11.5 Å². The van der Waals surface area contributed by atoms with Crippen molar-refractivity contribution in [2.45, 2.75) is 20.3 Å². The van der Waals surface area contributed by atoms with Crippen molar-refractivity contribution in [3.05, 3.63) is 11.3 Å². The molecular weight excluding hydrogens is 116 g/mol. The van der Waals surface area contributed by atoms with Crippen LogP contribution in [-0.2, 0) is 4.79 Å². The molecule has 0 saturated carbocycles. The maximum Gasteiger partial charge on any atom is 0.246 e. The molecule has 9 heavy (non-hydrogen) atoms. The quantitative estimate of drug-likeness (QED) is 0.518. The Hall–Kier alpha value is -0.990. The minimum absolute atomic E-state index is 0.436. The summed E-state index contributed by atoms with van der Waals surface area (Å²) in [6, 6.07) is 0. The highest BCUT2D eigenvalue weighted by atomic mass is 16.1. The van der Waals surface area contributed by atoms with Crippen molar-refractivity contribution < 1.29 is 4.79 Å². The molecule has 0 saturated heterocycles. The van der Waals surface area contributed by atoms with Crippen LogP contribution in [0, 0.1) is 0 Å². The number of hydrogen-bond donors (Lipinski definition) is 2. The third-order valence-electron chi connectivity index (χ3n) is 1.23. The van der Waals surface area contributed by atoms with Gasteiger partial charge in [0.1, 0.15) is 0 Å². The zero-order valence-electron chi connectivity index (χ0n) is 5.77. The molecule has 0 aromatic rings. The largest absolute Gasteiger partial charge is 0.402 e. The van der Waals surface area contributed by atoms with Crippen LogP contribution in [0.5, 0.6) is 0 Å². The molecule has 52 valence electrons. The fourth-order valence-corrected chi connectivity index (χ4v) is 0.423. The monoisotopic (exact) mass is 128 g/mol. The molecule has 0 aliphatic carbocycles. The van der Waals surface area contributed by atoms with Crippen LogP contribution in [0.2, 0.25) is 0 Å².